The Hall–Kier alpha value is -2.12. The van der Waals surface area contributed by atoms with Gasteiger partial charge in [-0.25, -0.2) is 0 Å². The molecule has 1 N–H and O–H groups in total. The summed E-state index contributed by atoms with van der Waals surface area (Å²) in [5.41, 5.74) is -0.823. The van der Waals surface area contributed by atoms with Crippen molar-refractivity contribution in [1.82, 2.24) is 14.7 Å². The van der Waals surface area contributed by atoms with Gasteiger partial charge in [-0.2, -0.15) is 0 Å². The fourth-order valence-electron chi connectivity index (χ4n) is 4.26. The molecule has 0 aromatic heterocycles. The minimum absolute atomic E-state index is 0.00628. The molecule has 0 bridgehead atoms. The maximum absolute atomic E-state index is 12.5. The fraction of sp³-hybridized carbons (Fsp3) is 0.750. The van der Waals surface area contributed by atoms with Crippen LogP contribution in [0, 0.1) is 11.3 Å². The van der Waals surface area contributed by atoms with E-state index in [1.165, 1.54) is 9.80 Å². The van der Waals surface area contributed by atoms with Gasteiger partial charge in [0, 0.05) is 32.7 Å². The number of likely N-dealkylation sites (N-methyl/N-ethyl adjacent to an activating group) is 1. The summed E-state index contributed by atoms with van der Waals surface area (Å²) < 4.78 is 0. The second kappa shape index (κ2) is 6.07. The molecule has 0 unspecified atom stereocenters. The van der Waals surface area contributed by atoms with Crippen molar-refractivity contribution in [3.63, 3.8) is 0 Å². The quantitative estimate of drug-likeness (QED) is 0.690. The van der Waals surface area contributed by atoms with E-state index in [0.717, 1.165) is 12.8 Å². The fourth-order valence-corrected chi connectivity index (χ4v) is 4.26. The predicted octanol–water partition coefficient (Wildman–Crippen LogP) is -0.610. The summed E-state index contributed by atoms with van der Waals surface area (Å²) in [5.74, 6) is -2.33. The summed E-state index contributed by atoms with van der Waals surface area (Å²) in [6.45, 7) is 3.54. The summed E-state index contributed by atoms with van der Waals surface area (Å²) in [5, 5.41) is 9.58. The van der Waals surface area contributed by atoms with Crippen LogP contribution in [0.15, 0.2) is 0 Å². The molecule has 3 aliphatic rings. The molecular weight excluding hydrogens is 314 g/mol. The first-order valence-corrected chi connectivity index (χ1v) is 8.48. The highest BCUT2D eigenvalue weighted by atomic mass is 16.4. The van der Waals surface area contributed by atoms with Crippen molar-refractivity contribution < 1.29 is 24.3 Å². The molecule has 0 spiro atoms. The molecule has 0 radical (unpaired) electrons. The monoisotopic (exact) mass is 337 g/mol. The summed E-state index contributed by atoms with van der Waals surface area (Å²) in [6.07, 6.45) is 2.30. The minimum Gasteiger partial charge on any atom is -0.481 e. The van der Waals surface area contributed by atoms with E-state index < -0.39 is 23.2 Å². The molecule has 2 saturated heterocycles. The number of aliphatic carboxylic acids is 1. The number of fused-ring (bicyclic) bond motifs is 1. The van der Waals surface area contributed by atoms with E-state index in [1.807, 2.05) is 0 Å². The van der Waals surface area contributed by atoms with Gasteiger partial charge in [-0.15, -0.1) is 0 Å². The van der Waals surface area contributed by atoms with E-state index in [-0.39, 0.29) is 24.9 Å². The molecule has 1 aliphatic carbocycles. The molecule has 0 aromatic rings. The predicted molar refractivity (Wildman–Crippen MR) is 82.8 cm³/mol. The molecule has 8 nitrogen and oxygen atoms in total. The topological polar surface area (TPSA) is 98.2 Å². The molecule has 2 aliphatic heterocycles. The molecule has 0 aromatic carbocycles. The van der Waals surface area contributed by atoms with Gasteiger partial charge in [0.05, 0.1) is 5.41 Å². The van der Waals surface area contributed by atoms with E-state index in [4.69, 9.17) is 0 Å². The lowest BCUT2D eigenvalue weighted by Crippen LogP contribution is -2.56. The largest absolute Gasteiger partial charge is 0.481 e. The summed E-state index contributed by atoms with van der Waals surface area (Å²) in [4.78, 5) is 52.5. The summed E-state index contributed by atoms with van der Waals surface area (Å²) in [7, 11) is 0. The van der Waals surface area contributed by atoms with Crippen molar-refractivity contribution >= 4 is 23.7 Å². The number of carbonyl (C=O) groups excluding carboxylic acids is 3. The molecule has 24 heavy (non-hydrogen) atoms. The zero-order valence-electron chi connectivity index (χ0n) is 13.9. The normalized spacial score (nSPS) is 30.0. The number of amides is 3. The second-order valence-corrected chi connectivity index (χ2v) is 6.94. The van der Waals surface area contributed by atoms with Crippen LogP contribution in [0.4, 0.5) is 0 Å². The Bertz CT molecular complexity index is 592. The van der Waals surface area contributed by atoms with Crippen LogP contribution in [0.2, 0.25) is 0 Å². The Morgan fingerprint density at radius 2 is 1.88 bits per heavy atom. The average molecular weight is 337 g/mol. The highest BCUT2D eigenvalue weighted by Gasteiger charge is 2.55. The smallest absolute Gasteiger partial charge is 0.312 e. The number of carboxylic acids is 1. The Balaban J connectivity index is 1.64. The maximum Gasteiger partial charge on any atom is 0.312 e. The van der Waals surface area contributed by atoms with E-state index in [0.29, 0.717) is 32.6 Å². The van der Waals surface area contributed by atoms with Gasteiger partial charge in [0.15, 0.2) is 0 Å². The number of carbonyl (C=O) groups is 4. The minimum atomic E-state index is -0.830. The van der Waals surface area contributed by atoms with Crippen LogP contribution in [-0.4, -0.2) is 82.8 Å². The first-order valence-electron chi connectivity index (χ1n) is 8.48. The molecule has 2 atom stereocenters. The van der Waals surface area contributed by atoms with Crippen LogP contribution in [0.5, 0.6) is 0 Å². The number of nitrogens with zero attached hydrogens (tertiary/aromatic N) is 3. The van der Waals surface area contributed by atoms with Gasteiger partial charge in [0.25, 0.3) is 0 Å². The van der Waals surface area contributed by atoms with Crippen LogP contribution in [0.1, 0.15) is 26.2 Å². The molecule has 132 valence electrons. The molecular formula is C16H23N3O5. The van der Waals surface area contributed by atoms with Crippen molar-refractivity contribution in [2.75, 3.05) is 39.3 Å². The first kappa shape index (κ1) is 16.7. The number of hydrogen-bond acceptors (Lipinski definition) is 4. The first-order chi connectivity index (χ1) is 11.4. The Labute approximate surface area is 140 Å². The molecule has 3 rings (SSSR count). The van der Waals surface area contributed by atoms with Crippen molar-refractivity contribution in [3.8, 4) is 0 Å². The molecule has 2 heterocycles. The van der Waals surface area contributed by atoms with Gasteiger partial charge in [-0.3, -0.25) is 19.2 Å². The Kier molecular flexibility index (Phi) is 4.23. The third-order valence-corrected chi connectivity index (χ3v) is 5.75. The van der Waals surface area contributed by atoms with E-state index in [9.17, 15) is 24.3 Å². The molecule has 1 saturated carbocycles. The van der Waals surface area contributed by atoms with Gasteiger partial charge in [0.1, 0.15) is 6.54 Å². The van der Waals surface area contributed by atoms with Crippen LogP contribution in [0.25, 0.3) is 0 Å². The number of rotatable bonds is 4. The van der Waals surface area contributed by atoms with E-state index in [2.05, 4.69) is 0 Å². The van der Waals surface area contributed by atoms with Gasteiger partial charge in [-0.05, 0) is 25.7 Å². The highest BCUT2D eigenvalue weighted by Crippen LogP contribution is 2.48. The van der Waals surface area contributed by atoms with Crippen LogP contribution >= 0.6 is 0 Å². The lowest BCUT2D eigenvalue weighted by atomic mass is 9.81. The van der Waals surface area contributed by atoms with Crippen molar-refractivity contribution in [1.29, 1.82) is 0 Å². The highest BCUT2D eigenvalue weighted by molar-refractivity contribution is 6.35. The van der Waals surface area contributed by atoms with E-state index >= 15 is 0 Å². The summed E-state index contributed by atoms with van der Waals surface area (Å²) in [6, 6.07) is 0. The molecule has 8 heteroatoms. The number of likely N-dealkylation sites (tertiary alicyclic amines) is 1. The summed E-state index contributed by atoms with van der Waals surface area (Å²) >= 11 is 0. The van der Waals surface area contributed by atoms with Crippen molar-refractivity contribution in [2.45, 2.75) is 26.2 Å². The van der Waals surface area contributed by atoms with Gasteiger partial charge in [0.2, 0.25) is 5.91 Å². The number of carboxylic acid groups (broad SMARTS) is 1. The van der Waals surface area contributed by atoms with Crippen LogP contribution in [0.3, 0.4) is 0 Å². The zero-order valence-corrected chi connectivity index (χ0v) is 13.9. The number of piperazine rings is 1. The second-order valence-electron chi connectivity index (χ2n) is 6.94. The van der Waals surface area contributed by atoms with E-state index in [1.54, 1.807) is 11.8 Å². The Morgan fingerprint density at radius 1 is 1.21 bits per heavy atom. The number of hydrogen-bond donors (Lipinski definition) is 1. The third kappa shape index (κ3) is 2.53. The van der Waals surface area contributed by atoms with Crippen LogP contribution in [-0.2, 0) is 19.2 Å². The Morgan fingerprint density at radius 3 is 2.50 bits per heavy atom. The third-order valence-electron chi connectivity index (χ3n) is 5.75. The molecule has 3 amide bonds. The molecule has 3 fully saturated rings. The van der Waals surface area contributed by atoms with Gasteiger partial charge in [-0.1, -0.05) is 6.42 Å². The van der Waals surface area contributed by atoms with Crippen LogP contribution < -0.4 is 0 Å². The maximum atomic E-state index is 12.5. The standard InChI is InChI=1S/C16H23N3O5/c1-2-17-6-7-18(14(22)13(17)21)9-12(20)19-8-11-4-3-5-16(11,10-19)15(23)24/h11H,2-10H2,1H3,(H,23,24)/t11-,16+/m0/s1. The van der Waals surface area contributed by atoms with Crippen molar-refractivity contribution in [2.24, 2.45) is 11.3 Å². The van der Waals surface area contributed by atoms with Crippen molar-refractivity contribution in [3.05, 3.63) is 0 Å². The zero-order chi connectivity index (χ0) is 17.5. The SMILES string of the molecule is CCN1CCN(CC(=O)N2C[C@@H]3CCC[C@@]3(C(=O)O)C2)C(=O)C1=O. The lowest BCUT2D eigenvalue weighted by molar-refractivity contribution is -0.157. The average Bonchev–Trinajstić information content (AvgIpc) is 3.10. The van der Waals surface area contributed by atoms with Gasteiger partial charge >= 0.3 is 17.8 Å². The van der Waals surface area contributed by atoms with Gasteiger partial charge < -0.3 is 19.8 Å². The lowest BCUT2D eigenvalue weighted by Gasteiger charge is -2.33.